The molecule has 1 N–H and O–H groups in total. The first kappa shape index (κ1) is 18.5. The fourth-order valence-electron chi connectivity index (χ4n) is 2.80. The van der Waals surface area contributed by atoms with Gasteiger partial charge in [0.1, 0.15) is 22.0 Å². The van der Waals surface area contributed by atoms with Gasteiger partial charge < -0.3 is 10.2 Å². The van der Waals surface area contributed by atoms with Gasteiger partial charge in [-0.05, 0) is 18.6 Å². The smallest absolute Gasteiger partial charge is 0.227 e. The van der Waals surface area contributed by atoms with Crippen LogP contribution in [0.15, 0.2) is 42.7 Å². The minimum atomic E-state index is -0.0939. The summed E-state index contributed by atoms with van der Waals surface area (Å²) in [5, 5.41) is 12.9. The zero-order valence-corrected chi connectivity index (χ0v) is 17.0. The lowest BCUT2D eigenvalue weighted by Gasteiger charge is -2.18. The second kappa shape index (κ2) is 7.99. The van der Waals surface area contributed by atoms with E-state index in [1.54, 1.807) is 17.7 Å². The van der Waals surface area contributed by atoms with Gasteiger partial charge in [-0.25, -0.2) is 9.97 Å². The number of anilines is 2. The molecule has 0 bridgehead atoms. The van der Waals surface area contributed by atoms with Gasteiger partial charge >= 0.3 is 0 Å². The number of aryl methyl sites for hydroxylation is 1. The first-order chi connectivity index (χ1) is 13.6. The highest BCUT2D eigenvalue weighted by Gasteiger charge is 2.14. The van der Waals surface area contributed by atoms with Crippen LogP contribution in [-0.4, -0.2) is 39.7 Å². The normalized spacial score (nSPS) is 10.9. The van der Waals surface area contributed by atoms with Gasteiger partial charge in [0.05, 0.1) is 5.39 Å². The Balaban J connectivity index is 1.48. The summed E-state index contributed by atoms with van der Waals surface area (Å²) in [5.74, 6) is 0.728. The average molecular weight is 411 g/mol. The van der Waals surface area contributed by atoms with Crippen LogP contribution in [0.3, 0.4) is 0 Å². The summed E-state index contributed by atoms with van der Waals surface area (Å²) in [5.41, 5.74) is 1.16. The lowest BCUT2D eigenvalue weighted by molar-refractivity contribution is -0.116. The third-order valence-electron chi connectivity index (χ3n) is 4.17. The molecule has 4 rings (SSSR count). The highest BCUT2D eigenvalue weighted by Crippen LogP contribution is 2.35. The molecule has 4 aromatic rings. The van der Waals surface area contributed by atoms with E-state index < -0.39 is 0 Å². The number of hydrogen-bond acceptors (Lipinski definition) is 8. The van der Waals surface area contributed by atoms with Gasteiger partial charge in [-0.3, -0.25) is 4.79 Å². The maximum Gasteiger partial charge on any atom is 0.227 e. The predicted octanol–water partition coefficient (Wildman–Crippen LogP) is 3.98. The van der Waals surface area contributed by atoms with Gasteiger partial charge in [0.2, 0.25) is 11.0 Å². The molecule has 0 atom stereocenters. The lowest BCUT2D eigenvalue weighted by atomic mass is 10.2. The van der Waals surface area contributed by atoms with Gasteiger partial charge in [0.15, 0.2) is 0 Å². The van der Waals surface area contributed by atoms with Gasteiger partial charge in [-0.2, -0.15) is 0 Å². The molecule has 3 aromatic heterocycles. The predicted molar refractivity (Wildman–Crippen MR) is 114 cm³/mol. The van der Waals surface area contributed by atoms with Crippen LogP contribution in [-0.2, 0) is 4.79 Å². The highest BCUT2D eigenvalue weighted by molar-refractivity contribution is 7.21. The summed E-state index contributed by atoms with van der Waals surface area (Å²) < 4.78 is 0. The van der Waals surface area contributed by atoms with Gasteiger partial charge in [-0.1, -0.05) is 41.7 Å². The third-order valence-corrected chi connectivity index (χ3v) is 6.02. The second-order valence-electron chi connectivity index (χ2n) is 6.24. The maximum absolute atomic E-state index is 12.2. The van der Waals surface area contributed by atoms with Crippen molar-refractivity contribution in [3.05, 3.63) is 47.7 Å². The Hall–Kier alpha value is -2.91. The SMILES string of the molecule is Cc1nnc(NC(=O)CCN(C)c2ncnc3sc(-c4ccccc4)cc23)s1. The number of carbonyl (C=O) groups excluding carboxylic acids is 1. The summed E-state index contributed by atoms with van der Waals surface area (Å²) in [7, 11) is 1.93. The summed E-state index contributed by atoms with van der Waals surface area (Å²) in [6.07, 6.45) is 1.90. The number of nitrogens with zero attached hydrogens (tertiary/aromatic N) is 5. The molecule has 3 heterocycles. The van der Waals surface area contributed by atoms with Crippen LogP contribution in [0.2, 0.25) is 0 Å². The molecule has 0 aliphatic carbocycles. The van der Waals surface area contributed by atoms with Gasteiger partial charge in [0.25, 0.3) is 0 Å². The molecule has 7 nitrogen and oxygen atoms in total. The summed E-state index contributed by atoms with van der Waals surface area (Å²) in [6, 6.07) is 12.3. The molecule has 0 aliphatic rings. The van der Waals surface area contributed by atoms with Crippen molar-refractivity contribution in [1.82, 2.24) is 20.2 Å². The van der Waals surface area contributed by atoms with E-state index in [2.05, 4.69) is 43.7 Å². The Morgan fingerprint density at radius 1 is 1.14 bits per heavy atom. The summed E-state index contributed by atoms with van der Waals surface area (Å²) >= 11 is 3.00. The number of carbonyl (C=O) groups is 1. The molecule has 0 saturated heterocycles. The number of fused-ring (bicyclic) bond motifs is 1. The number of aromatic nitrogens is 4. The fourth-order valence-corrected chi connectivity index (χ4v) is 4.40. The fraction of sp³-hybridized carbons (Fsp3) is 0.211. The molecular formula is C19H18N6OS2. The standard InChI is InChI=1S/C19H18N6OS2/c1-12-23-24-19(27-12)22-16(26)8-9-25(2)17-14-10-15(13-6-4-3-5-7-13)28-18(14)21-11-20-17/h3-7,10-11H,8-9H2,1-2H3,(H,22,24,26). The zero-order valence-electron chi connectivity index (χ0n) is 15.4. The van der Waals surface area contributed by atoms with Crippen LogP contribution >= 0.6 is 22.7 Å². The van der Waals surface area contributed by atoms with Crippen molar-refractivity contribution in [2.75, 3.05) is 23.8 Å². The molecular weight excluding hydrogens is 392 g/mol. The Morgan fingerprint density at radius 2 is 1.96 bits per heavy atom. The number of benzene rings is 1. The first-order valence-electron chi connectivity index (χ1n) is 8.71. The van der Waals surface area contributed by atoms with Crippen LogP contribution in [0.5, 0.6) is 0 Å². The molecule has 0 fully saturated rings. The molecule has 0 spiro atoms. The van der Waals surface area contributed by atoms with Gasteiger partial charge in [-0.15, -0.1) is 21.5 Å². The largest absolute Gasteiger partial charge is 0.359 e. The Morgan fingerprint density at radius 3 is 2.71 bits per heavy atom. The topological polar surface area (TPSA) is 83.9 Å². The minimum Gasteiger partial charge on any atom is -0.359 e. The molecule has 0 saturated carbocycles. The Labute approximate surface area is 170 Å². The van der Waals surface area contributed by atoms with E-state index in [9.17, 15) is 4.79 Å². The van der Waals surface area contributed by atoms with Crippen LogP contribution in [0.25, 0.3) is 20.7 Å². The molecule has 1 aromatic carbocycles. The number of nitrogens with one attached hydrogen (secondary N) is 1. The minimum absolute atomic E-state index is 0.0939. The number of amides is 1. The second-order valence-corrected chi connectivity index (χ2v) is 8.45. The zero-order chi connectivity index (χ0) is 19.5. The lowest BCUT2D eigenvalue weighted by Crippen LogP contribution is -2.24. The van der Waals surface area contributed by atoms with Crippen molar-refractivity contribution in [2.24, 2.45) is 0 Å². The van der Waals surface area contributed by atoms with E-state index in [1.165, 1.54) is 11.3 Å². The molecule has 0 unspecified atom stereocenters. The summed E-state index contributed by atoms with van der Waals surface area (Å²) in [6.45, 7) is 2.39. The maximum atomic E-state index is 12.2. The molecule has 0 aliphatic heterocycles. The quantitative estimate of drug-likeness (QED) is 0.518. The van der Waals surface area contributed by atoms with Crippen molar-refractivity contribution < 1.29 is 4.79 Å². The van der Waals surface area contributed by atoms with E-state index in [0.717, 1.165) is 31.5 Å². The summed E-state index contributed by atoms with van der Waals surface area (Å²) in [4.78, 5) is 25.1. The van der Waals surface area contributed by atoms with Crippen molar-refractivity contribution >= 4 is 49.7 Å². The Bertz CT molecular complexity index is 1110. The molecule has 28 heavy (non-hydrogen) atoms. The third kappa shape index (κ3) is 4.00. The number of thiophene rings is 1. The first-order valence-corrected chi connectivity index (χ1v) is 10.3. The number of hydrogen-bond donors (Lipinski definition) is 1. The van der Waals surface area contributed by atoms with Crippen molar-refractivity contribution in [3.63, 3.8) is 0 Å². The molecule has 1 amide bonds. The van der Waals surface area contributed by atoms with Crippen LogP contribution in [0, 0.1) is 6.92 Å². The number of rotatable bonds is 6. The van der Waals surface area contributed by atoms with E-state index in [0.29, 0.717) is 18.1 Å². The molecule has 142 valence electrons. The average Bonchev–Trinajstić information content (AvgIpc) is 3.32. The van der Waals surface area contributed by atoms with E-state index in [1.807, 2.05) is 37.1 Å². The van der Waals surface area contributed by atoms with Gasteiger partial charge in [0, 0.05) is 24.9 Å². The van der Waals surface area contributed by atoms with E-state index in [4.69, 9.17) is 0 Å². The highest BCUT2D eigenvalue weighted by atomic mass is 32.1. The van der Waals surface area contributed by atoms with Crippen LogP contribution in [0.1, 0.15) is 11.4 Å². The molecule has 0 radical (unpaired) electrons. The monoisotopic (exact) mass is 410 g/mol. The van der Waals surface area contributed by atoms with Crippen molar-refractivity contribution in [2.45, 2.75) is 13.3 Å². The Kier molecular flexibility index (Phi) is 5.27. The van der Waals surface area contributed by atoms with Crippen molar-refractivity contribution in [1.29, 1.82) is 0 Å². The van der Waals surface area contributed by atoms with Crippen LogP contribution in [0.4, 0.5) is 10.9 Å². The van der Waals surface area contributed by atoms with E-state index in [-0.39, 0.29) is 5.91 Å². The van der Waals surface area contributed by atoms with Crippen LogP contribution < -0.4 is 10.2 Å². The van der Waals surface area contributed by atoms with E-state index >= 15 is 0 Å². The molecule has 9 heteroatoms. The van der Waals surface area contributed by atoms with Crippen molar-refractivity contribution in [3.8, 4) is 10.4 Å².